The van der Waals surface area contributed by atoms with Crippen LogP contribution in [0, 0.1) is 0 Å². The third-order valence-corrected chi connectivity index (χ3v) is 4.31. The first-order valence-corrected chi connectivity index (χ1v) is 8.70. The summed E-state index contributed by atoms with van der Waals surface area (Å²) in [6, 6.07) is 13.8. The summed E-state index contributed by atoms with van der Waals surface area (Å²) in [5.41, 5.74) is 2.23. The molecule has 3 rings (SSSR count). The first-order chi connectivity index (χ1) is 12.3. The molecule has 1 heterocycles. The van der Waals surface area contributed by atoms with Crippen molar-refractivity contribution in [3.05, 3.63) is 58.6 Å². The number of benzene rings is 2. The number of guanidine groups is 1. The van der Waals surface area contributed by atoms with E-state index in [1.54, 1.807) is 7.05 Å². The highest BCUT2D eigenvalue weighted by Gasteiger charge is 2.11. The van der Waals surface area contributed by atoms with E-state index in [4.69, 9.17) is 21.1 Å². The molecule has 0 bridgehead atoms. The highest BCUT2D eigenvalue weighted by molar-refractivity contribution is 14.0. The van der Waals surface area contributed by atoms with E-state index in [1.807, 2.05) is 36.4 Å². The molecule has 0 saturated heterocycles. The lowest BCUT2D eigenvalue weighted by Gasteiger charge is -2.19. The Morgan fingerprint density at radius 2 is 1.85 bits per heavy atom. The Balaban J connectivity index is 0.00000243. The van der Waals surface area contributed by atoms with Gasteiger partial charge in [-0.3, -0.25) is 4.99 Å². The minimum Gasteiger partial charge on any atom is -0.486 e. The molecule has 7 heteroatoms. The zero-order valence-corrected chi connectivity index (χ0v) is 17.7. The number of rotatable bonds is 5. The van der Waals surface area contributed by atoms with Gasteiger partial charge in [-0.05, 0) is 35.7 Å². The quantitative estimate of drug-likeness (QED) is 0.384. The summed E-state index contributed by atoms with van der Waals surface area (Å²) in [4.78, 5) is 4.24. The van der Waals surface area contributed by atoms with Crippen LogP contribution >= 0.6 is 35.6 Å². The minimum atomic E-state index is 0. The standard InChI is InChI=1S/C19H22ClN3O2.HI/c1-21-19(23-13-15-4-2-3-5-16(15)20)22-9-8-14-6-7-17-18(12-14)25-11-10-24-17;/h2-7,12H,8-11,13H2,1H3,(H2,21,22,23);1H. The highest BCUT2D eigenvalue weighted by atomic mass is 127. The summed E-state index contributed by atoms with van der Waals surface area (Å²) >= 11 is 6.17. The average Bonchev–Trinajstić information content (AvgIpc) is 2.65. The van der Waals surface area contributed by atoms with Crippen molar-refractivity contribution in [1.82, 2.24) is 10.6 Å². The van der Waals surface area contributed by atoms with Crippen molar-refractivity contribution in [3.8, 4) is 11.5 Å². The number of fused-ring (bicyclic) bond motifs is 1. The van der Waals surface area contributed by atoms with Gasteiger partial charge in [-0.15, -0.1) is 24.0 Å². The average molecular weight is 488 g/mol. The first-order valence-electron chi connectivity index (χ1n) is 8.32. The fourth-order valence-corrected chi connectivity index (χ4v) is 2.81. The maximum absolute atomic E-state index is 6.17. The van der Waals surface area contributed by atoms with Crippen LogP contribution in [0.1, 0.15) is 11.1 Å². The molecule has 0 unspecified atom stereocenters. The summed E-state index contributed by atoms with van der Waals surface area (Å²) in [6.45, 7) is 2.61. The van der Waals surface area contributed by atoms with Crippen LogP contribution in [0.5, 0.6) is 11.5 Å². The van der Waals surface area contributed by atoms with Gasteiger partial charge in [0.1, 0.15) is 13.2 Å². The Hall–Kier alpha value is -1.67. The lowest BCUT2D eigenvalue weighted by molar-refractivity contribution is 0.171. The van der Waals surface area contributed by atoms with E-state index in [2.05, 4.69) is 21.7 Å². The zero-order chi connectivity index (χ0) is 17.5. The van der Waals surface area contributed by atoms with Crippen LogP contribution in [-0.4, -0.2) is 32.8 Å². The number of nitrogens with zero attached hydrogens (tertiary/aromatic N) is 1. The van der Waals surface area contributed by atoms with Crippen molar-refractivity contribution in [2.24, 2.45) is 4.99 Å². The Labute approximate surface area is 176 Å². The van der Waals surface area contributed by atoms with Crippen molar-refractivity contribution >= 4 is 41.5 Å². The van der Waals surface area contributed by atoms with Gasteiger partial charge in [-0.1, -0.05) is 35.9 Å². The predicted octanol–water partition coefficient (Wildman–Crippen LogP) is 3.64. The van der Waals surface area contributed by atoms with E-state index >= 15 is 0 Å². The number of halogens is 2. The molecule has 0 saturated carbocycles. The molecule has 0 aromatic heterocycles. The third kappa shape index (κ3) is 5.67. The second-order valence-electron chi connectivity index (χ2n) is 5.67. The summed E-state index contributed by atoms with van der Waals surface area (Å²) in [5.74, 6) is 2.39. The van der Waals surface area contributed by atoms with Gasteiger partial charge in [0.15, 0.2) is 17.5 Å². The van der Waals surface area contributed by atoms with E-state index < -0.39 is 0 Å². The lowest BCUT2D eigenvalue weighted by Crippen LogP contribution is -2.37. The molecule has 0 fully saturated rings. The van der Waals surface area contributed by atoms with Crippen LogP contribution in [0.2, 0.25) is 5.02 Å². The van der Waals surface area contributed by atoms with E-state index in [0.29, 0.717) is 19.8 Å². The van der Waals surface area contributed by atoms with Crippen LogP contribution in [0.25, 0.3) is 0 Å². The molecule has 2 aromatic carbocycles. The van der Waals surface area contributed by atoms with Crippen LogP contribution in [-0.2, 0) is 13.0 Å². The van der Waals surface area contributed by atoms with Gasteiger partial charge in [0, 0.05) is 25.2 Å². The van der Waals surface area contributed by atoms with Gasteiger partial charge in [0.05, 0.1) is 0 Å². The number of aliphatic imine (C=N–C) groups is 1. The molecule has 0 atom stereocenters. The Bertz CT molecular complexity index is 755. The van der Waals surface area contributed by atoms with Gasteiger partial charge >= 0.3 is 0 Å². The highest BCUT2D eigenvalue weighted by Crippen LogP contribution is 2.30. The van der Waals surface area contributed by atoms with Crippen LogP contribution in [0.4, 0.5) is 0 Å². The Morgan fingerprint density at radius 3 is 2.62 bits per heavy atom. The van der Waals surface area contributed by atoms with Crippen LogP contribution in [0.15, 0.2) is 47.5 Å². The van der Waals surface area contributed by atoms with Crippen molar-refractivity contribution in [3.63, 3.8) is 0 Å². The van der Waals surface area contributed by atoms with Crippen molar-refractivity contribution in [2.45, 2.75) is 13.0 Å². The van der Waals surface area contributed by atoms with Crippen LogP contribution < -0.4 is 20.1 Å². The largest absolute Gasteiger partial charge is 0.486 e. The number of hydrogen-bond acceptors (Lipinski definition) is 3. The summed E-state index contributed by atoms with van der Waals surface area (Å²) in [5, 5.41) is 7.34. The van der Waals surface area contributed by atoms with E-state index in [9.17, 15) is 0 Å². The first kappa shape index (κ1) is 20.6. The molecule has 2 N–H and O–H groups in total. The van der Waals surface area contributed by atoms with E-state index in [-0.39, 0.29) is 24.0 Å². The molecule has 140 valence electrons. The smallest absolute Gasteiger partial charge is 0.191 e. The van der Waals surface area contributed by atoms with Gasteiger partial charge in [-0.2, -0.15) is 0 Å². The predicted molar refractivity (Wildman–Crippen MR) is 116 cm³/mol. The maximum atomic E-state index is 6.17. The van der Waals surface area contributed by atoms with Gasteiger partial charge in [0.2, 0.25) is 0 Å². The topological polar surface area (TPSA) is 54.9 Å². The molecule has 2 aromatic rings. The SMILES string of the molecule is CN=C(NCCc1ccc2c(c1)OCCO2)NCc1ccccc1Cl.I. The summed E-state index contributed by atoms with van der Waals surface area (Å²) in [6.07, 6.45) is 0.865. The number of ether oxygens (including phenoxy) is 2. The molecular formula is C19H23ClIN3O2. The van der Waals surface area contributed by atoms with E-state index in [1.165, 1.54) is 5.56 Å². The number of hydrogen-bond donors (Lipinski definition) is 2. The third-order valence-electron chi connectivity index (χ3n) is 3.94. The molecule has 0 radical (unpaired) electrons. The zero-order valence-electron chi connectivity index (χ0n) is 14.6. The maximum Gasteiger partial charge on any atom is 0.191 e. The second kappa shape index (κ2) is 10.5. The molecule has 5 nitrogen and oxygen atoms in total. The normalized spacial score (nSPS) is 12.9. The molecule has 0 amide bonds. The van der Waals surface area contributed by atoms with Crippen LogP contribution in [0.3, 0.4) is 0 Å². The molecule has 1 aliphatic rings. The molecular weight excluding hydrogens is 465 g/mol. The molecule has 26 heavy (non-hydrogen) atoms. The molecule has 0 aliphatic carbocycles. The monoisotopic (exact) mass is 487 g/mol. The van der Waals surface area contributed by atoms with Crippen molar-refractivity contribution in [2.75, 3.05) is 26.8 Å². The Morgan fingerprint density at radius 1 is 1.08 bits per heavy atom. The minimum absolute atomic E-state index is 0. The molecule has 1 aliphatic heterocycles. The summed E-state index contributed by atoms with van der Waals surface area (Å²) < 4.78 is 11.2. The van der Waals surface area contributed by atoms with Gasteiger partial charge in [0.25, 0.3) is 0 Å². The number of nitrogens with one attached hydrogen (secondary N) is 2. The Kier molecular flexibility index (Phi) is 8.31. The van der Waals surface area contributed by atoms with E-state index in [0.717, 1.165) is 41.0 Å². The second-order valence-corrected chi connectivity index (χ2v) is 6.08. The fraction of sp³-hybridized carbons (Fsp3) is 0.316. The summed E-state index contributed by atoms with van der Waals surface area (Å²) in [7, 11) is 1.76. The van der Waals surface area contributed by atoms with Gasteiger partial charge in [-0.25, -0.2) is 0 Å². The molecule has 0 spiro atoms. The van der Waals surface area contributed by atoms with Gasteiger partial charge < -0.3 is 20.1 Å². The van der Waals surface area contributed by atoms with Crippen molar-refractivity contribution in [1.29, 1.82) is 0 Å². The van der Waals surface area contributed by atoms with Crippen molar-refractivity contribution < 1.29 is 9.47 Å². The fourth-order valence-electron chi connectivity index (χ4n) is 2.61. The lowest BCUT2D eigenvalue weighted by atomic mass is 10.1.